The van der Waals surface area contributed by atoms with Crippen molar-refractivity contribution in [1.29, 1.82) is 0 Å². The van der Waals surface area contributed by atoms with Crippen LogP contribution in [0, 0.1) is 0 Å². The summed E-state index contributed by atoms with van der Waals surface area (Å²) in [4.78, 5) is 26.6. The minimum absolute atomic E-state index is 0.178. The summed E-state index contributed by atoms with van der Waals surface area (Å²) in [5.41, 5.74) is 2.43. The number of anilines is 1. The van der Waals surface area contributed by atoms with Crippen molar-refractivity contribution in [3.8, 4) is 0 Å². The molecule has 0 saturated carbocycles. The molecular weight excluding hydrogens is 278 g/mol. The van der Waals surface area contributed by atoms with Crippen LogP contribution in [0.5, 0.6) is 0 Å². The Bertz CT molecular complexity index is 696. The Morgan fingerprint density at radius 1 is 1.05 bits per heavy atom. The Labute approximate surface area is 129 Å². The highest BCUT2D eigenvalue weighted by molar-refractivity contribution is 6.10. The topological polar surface area (TPSA) is 46.6 Å². The van der Waals surface area contributed by atoms with E-state index in [1.807, 2.05) is 42.5 Å². The Morgan fingerprint density at radius 2 is 1.73 bits per heavy atom. The first-order valence-corrected chi connectivity index (χ1v) is 7.26. The van der Waals surface area contributed by atoms with Gasteiger partial charge in [0.25, 0.3) is 5.91 Å². The first-order valence-electron chi connectivity index (χ1n) is 7.26. The average Bonchev–Trinajstić information content (AvgIpc) is 2.60. The van der Waals surface area contributed by atoms with E-state index in [0.717, 1.165) is 17.7 Å². The summed E-state index contributed by atoms with van der Waals surface area (Å²) in [6.07, 6.45) is 1.33. The average molecular weight is 295 g/mol. The molecule has 4 nitrogen and oxygen atoms in total. The fraction of sp³-hybridized carbons (Fsp3) is 0.222. The number of amides is 1. The molecule has 1 aliphatic rings. The fourth-order valence-electron chi connectivity index (χ4n) is 2.88. The highest BCUT2D eigenvalue weighted by Gasteiger charge is 2.36. The summed E-state index contributed by atoms with van der Waals surface area (Å²) in [6, 6.07) is 16.1. The van der Waals surface area contributed by atoms with Crippen LogP contribution in [0.15, 0.2) is 54.6 Å². The van der Waals surface area contributed by atoms with Gasteiger partial charge in [0.15, 0.2) is 0 Å². The molecule has 22 heavy (non-hydrogen) atoms. The molecule has 0 unspecified atom stereocenters. The minimum Gasteiger partial charge on any atom is -0.467 e. The van der Waals surface area contributed by atoms with Crippen molar-refractivity contribution in [2.75, 3.05) is 12.0 Å². The molecule has 112 valence electrons. The second-order valence-electron chi connectivity index (χ2n) is 5.25. The van der Waals surface area contributed by atoms with Crippen molar-refractivity contribution in [2.45, 2.75) is 18.9 Å². The molecule has 3 rings (SSSR count). The maximum atomic E-state index is 12.9. The number of esters is 1. The van der Waals surface area contributed by atoms with E-state index in [4.69, 9.17) is 4.74 Å². The zero-order chi connectivity index (χ0) is 15.5. The van der Waals surface area contributed by atoms with Crippen LogP contribution in [0.4, 0.5) is 5.69 Å². The second kappa shape index (κ2) is 6.02. The third-order valence-electron chi connectivity index (χ3n) is 3.96. The van der Waals surface area contributed by atoms with E-state index in [2.05, 4.69) is 0 Å². The molecule has 0 spiro atoms. The lowest BCUT2D eigenvalue weighted by Gasteiger charge is -2.35. The third kappa shape index (κ3) is 2.48. The first-order chi connectivity index (χ1) is 10.7. The van der Waals surface area contributed by atoms with Crippen molar-refractivity contribution >= 4 is 17.6 Å². The monoisotopic (exact) mass is 295 g/mol. The van der Waals surface area contributed by atoms with Gasteiger partial charge in [0.1, 0.15) is 6.04 Å². The van der Waals surface area contributed by atoms with Gasteiger partial charge in [-0.2, -0.15) is 0 Å². The van der Waals surface area contributed by atoms with E-state index in [9.17, 15) is 9.59 Å². The van der Waals surface area contributed by atoms with Gasteiger partial charge in [0.2, 0.25) is 0 Å². The Balaban J connectivity index is 2.06. The number of carbonyl (C=O) groups is 2. The molecule has 1 atom stereocenters. The number of methoxy groups -OCH3 is 1. The lowest BCUT2D eigenvalue weighted by atomic mass is 9.94. The van der Waals surface area contributed by atoms with Gasteiger partial charge >= 0.3 is 5.97 Å². The number of aryl methyl sites for hydroxylation is 1. The van der Waals surface area contributed by atoms with E-state index in [0.29, 0.717) is 12.0 Å². The number of carbonyl (C=O) groups excluding carboxylic acids is 2. The van der Waals surface area contributed by atoms with Crippen molar-refractivity contribution in [2.24, 2.45) is 0 Å². The van der Waals surface area contributed by atoms with E-state index in [1.165, 1.54) is 7.11 Å². The number of nitrogens with zero attached hydrogens (tertiary/aromatic N) is 1. The van der Waals surface area contributed by atoms with Gasteiger partial charge in [-0.05, 0) is 36.6 Å². The number of hydrogen-bond donors (Lipinski definition) is 0. The summed E-state index contributed by atoms with van der Waals surface area (Å²) >= 11 is 0. The molecule has 2 aromatic carbocycles. The smallest absolute Gasteiger partial charge is 0.328 e. The van der Waals surface area contributed by atoms with Crippen LogP contribution in [0.3, 0.4) is 0 Å². The van der Waals surface area contributed by atoms with Gasteiger partial charge in [0.05, 0.1) is 7.11 Å². The normalized spacial score (nSPS) is 16.8. The fourth-order valence-corrected chi connectivity index (χ4v) is 2.88. The second-order valence-corrected chi connectivity index (χ2v) is 5.25. The predicted molar refractivity (Wildman–Crippen MR) is 83.8 cm³/mol. The van der Waals surface area contributed by atoms with E-state index < -0.39 is 6.04 Å². The molecule has 1 heterocycles. The molecule has 0 aliphatic carbocycles. The Hall–Kier alpha value is -2.62. The molecule has 2 aromatic rings. The largest absolute Gasteiger partial charge is 0.467 e. The standard InChI is InChI=1S/C18H17NO3/c1-22-18(21)16-12-11-13-7-5-6-10-15(13)19(16)17(20)14-8-3-2-4-9-14/h2-10,16H,11-12H2,1H3/t16-/m1/s1. The highest BCUT2D eigenvalue weighted by atomic mass is 16.5. The molecule has 4 heteroatoms. The first kappa shape index (κ1) is 14.3. The number of rotatable bonds is 2. The quantitative estimate of drug-likeness (QED) is 0.800. The van der Waals surface area contributed by atoms with Crippen molar-refractivity contribution < 1.29 is 14.3 Å². The molecule has 0 aromatic heterocycles. The van der Waals surface area contributed by atoms with Crippen LogP contribution in [0.2, 0.25) is 0 Å². The maximum absolute atomic E-state index is 12.9. The summed E-state index contributed by atoms with van der Waals surface area (Å²) in [7, 11) is 1.36. The number of hydrogen-bond acceptors (Lipinski definition) is 3. The van der Waals surface area contributed by atoms with Crippen LogP contribution in [-0.4, -0.2) is 25.0 Å². The maximum Gasteiger partial charge on any atom is 0.328 e. The Morgan fingerprint density at radius 3 is 2.45 bits per heavy atom. The van der Waals surface area contributed by atoms with E-state index in [-0.39, 0.29) is 11.9 Å². The van der Waals surface area contributed by atoms with Crippen LogP contribution in [0.1, 0.15) is 22.3 Å². The van der Waals surface area contributed by atoms with Crippen LogP contribution < -0.4 is 4.90 Å². The van der Waals surface area contributed by atoms with Gasteiger partial charge in [-0.3, -0.25) is 9.69 Å². The van der Waals surface area contributed by atoms with Crippen molar-refractivity contribution in [1.82, 2.24) is 0 Å². The zero-order valence-corrected chi connectivity index (χ0v) is 12.4. The van der Waals surface area contributed by atoms with Gasteiger partial charge < -0.3 is 4.74 Å². The highest BCUT2D eigenvalue weighted by Crippen LogP contribution is 2.32. The summed E-state index contributed by atoms with van der Waals surface area (Å²) in [5.74, 6) is -0.554. The molecule has 1 amide bonds. The lowest BCUT2D eigenvalue weighted by molar-refractivity contribution is -0.142. The predicted octanol–water partition coefficient (Wildman–Crippen LogP) is 2.82. The van der Waals surface area contributed by atoms with Crippen molar-refractivity contribution in [3.05, 3.63) is 65.7 Å². The summed E-state index contributed by atoms with van der Waals surface area (Å²) < 4.78 is 4.89. The van der Waals surface area contributed by atoms with Crippen molar-refractivity contribution in [3.63, 3.8) is 0 Å². The van der Waals surface area contributed by atoms with E-state index >= 15 is 0 Å². The number of benzene rings is 2. The van der Waals surface area contributed by atoms with Gasteiger partial charge in [-0.15, -0.1) is 0 Å². The van der Waals surface area contributed by atoms with Gasteiger partial charge in [0, 0.05) is 11.3 Å². The number of ether oxygens (including phenoxy) is 1. The van der Waals surface area contributed by atoms with Gasteiger partial charge in [-0.1, -0.05) is 36.4 Å². The van der Waals surface area contributed by atoms with Gasteiger partial charge in [-0.25, -0.2) is 4.79 Å². The molecule has 0 radical (unpaired) electrons. The molecule has 0 bridgehead atoms. The number of fused-ring (bicyclic) bond motifs is 1. The third-order valence-corrected chi connectivity index (χ3v) is 3.96. The minimum atomic E-state index is -0.576. The van der Waals surface area contributed by atoms with Crippen LogP contribution in [-0.2, 0) is 16.0 Å². The van der Waals surface area contributed by atoms with E-state index in [1.54, 1.807) is 17.0 Å². The zero-order valence-electron chi connectivity index (χ0n) is 12.4. The summed E-state index contributed by atoms with van der Waals surface area (Å²) in [6.45, 7) is 0. The van der Waals surface area contributed by atoms with Crippen LogP contribution >= 0.6 is 0 Å². The SMILES string of the molecule is COC(=O)[C@H]1CCc2ccccc2N1C(=O)c1ccccc1. The summed E-state index contributed by atoms with van der Waals surface area (Å²) in [5, 5.41) is 0. The van der Waals surface area contributed by atoms with Crippen LogP contribution in [0.25, 0.3) is 0 Å². The lowest BCUT2D eigenvalue weighted by Crippen LogP contribution is -2.48. The molecule has 0 saturated heterocycles. The molecule has 1 aliphatic heterocycles. The number of para-hydroxylation sites is 1. The Kier molecular flexibility index (Phi) is 3.92. The molecular formula is C18H17NO3. The molecule has 0 N–H and O–H groups in total. The molecule has 0 fully saturated rings.